The normalized spacial score (nSPS) is 14.4. The molecule has 3 nitrogen and oxygen atoms in total. The van der Waals surface area contributed by atoms with Crippen molar-refractivity contribution in [3.8, 4) is 0 Å². The van der Waals surface area contributed by atoms with E-state index in [0.29, 0.717) is 12.8 Å². The van der Waals surface area contributed by atoms with E-state index >= 15 is 0 Å². The third-order valence-electron chi connectivity index (χ3n) is 3.55. The Balaban J connectivity index is 3.09. The molecule has 0 saturated heterocycles. The van der Waals surface area contributed by atoms with Gasteiger partial charge in [-0.1, -0.05) is 30.7 Å². The second-order valence-corrected chi connectivity index (χ2v) is 4.75. The quantitative estimate of drug-likeness (QED) is 0.823. The Kier molecular flexibility index (Phi) is 4.29. The summed E-state index contributed by atoms with van der Waals surface area (Å²) >= 11 is 0. The van der Waals surface area contributed by atoms with E-state index in [-0.39, 0.29) is 6.54 Å². The van der Waals surface area contributed by atoms with Crippen LogP contribution in [0.4, 0.5) is 0 Å². The lowest BCUT2D eigenvalue weighted by molar-refractivity contribution is -0.148. The Morgan fingerprint density at radius 3 is 2.53 bits per heavy atom. The van der Waals surface area contributed by atoms with Gasteiger partial charge in [-0.15, -0.1) is 0 Å². The molecule has 0 aliphatic carbocycles. The van der Waals surface area contributed by atoms with Crippen LogP contribution in [0, 0.1) is 19.3 Å². The molecule has 1 rings (SSSR count). The van der Waals surface area contributed by atoms with E-state index in [2.05, 4.69) is 6.07 Å². The van der Waals surface area contributed by atoms with Crippen molar-refractivity contribution in [3.63, 3.8) is 0 Å². The fraction of sp³-hybridized carbons (Fsp3) is 0.500. The van der Waals surface area contributed by atoms with Crippen LogP contribution in [0.25, 0.3) is 0 Å². The maximum atomic E-state index is 11.4. The summed E-state index contributed by atoms with van der Waals surface area (Å²) in [6.07, 6.45) is 1.05. The third kappa shape index (κ3) is 2.86. The van der Waals surface area contributed by atoms with Crippen LogP contribution in [-0.4, -0.2) is 17.6 Å². The van der Waals surface area contributed by atoms with Crippen molar-refractivity contribution < 1.29 is 9.90 Å². The summed E-state index contributed by atoms with van der Waals surface area (Å²) in [6.45, 7) is 6.08. The average Bonchev–Trinajstić information content (AvgIpc) is 2.30. The molecule has 17 heavy (non-hydrogen) atoms. The smallest absolute Gasteiger partial charge is 0.311 e. The number of carboxylic acid groups (broad SMARTS) is 1. The topological polar surface area (TPSA) is 63.3 Å². The standard InChI is InChI=1S/C14H21NO2/c1-4-14(9-15,13(16)17)8-12-7-10(2)5-6-11(12)3/h5-7H,4,8-9,15H2,1-3H3,(H,16,17). The zero-order valence-electron chi connectivity index (χ0n) is 10.8. The zero-order valence-corrected chi connectivity index (χ0v) is 10.8. The van der Waals surface area contributed by atoms with Crippen LogP contribution in [0.3, 0.4) is 0 Å². The van der Waals surface area contributed by atoms with Crippen molar-refractivity contribution in [1.29, 1.82) is 0 Å². The molecule has 0 bridgehead atoms. The average molecular weight is 235 g/mol. The Hall–Kier alpha value is -1.35. The number of carbonyl (C=O) groups is 1. The fourth-order valence-electron chi connectivity index (χ4n) is 2.01. The summed E-state index contributed by atoms with van der Waals surface area (Å²) in [4.78, 5) is 11.4. The summed E-state index contributed by atoms with van der Waals surface area (Å²) in [5.41, 5.74) is 8.20. The predicted molar refractivity (Wildman–Crippen MR) is 69.0 cm³/mol. The molecule has 1 atom stereocenters. The van der Waals surface area contributed by atoms with E-state index in [1.165, 1.54) is 0 Å². The lowest BCUT2D eigenvalue weighted by atomic mass is 9.78. The first kappa shape index (κ1) is 13.7. The largest absolute Gasteiger partial charge is 0.481 e. The fourth-order valence-corrected chi connectivity index (χ4v) is 2.01. The van der Waals surface area contributed by atoms with Crippen LogP contribution < -0.4 is 5.73 Å². The number of carboxylic acids is 1. The van der Waals surface area contributed by atoms with Gasteiger partial charge in [0.1, 0.15) is 0 Å². The highest BCUT2D eigenvalue weighted by atomic mass is 16.4. The second kappa shape index (κ2) is 5.32. The van der Waals surface area contributed by atoms with Gasteiger partial charge in [-0.2, -0.15) is 0 Å². The van der Waals surface area contributed by atoms with Gasteiger partial charge < -0.3 is 10.8 Å². The van der Waals surface area contributed by atoms with Crippen molar-refractivity contribution in [2.45, 2.75) is 33.6 Å². The molecule has 0 spiro atoms. The second-order valence-electron chi connectivity index (χ2n) is 4.75. The van der Waals surface area contributed by atoms with Gasteiger partial charge in [0.25, 0.3) is 0 Å². The minimum atomic E-state index is -0.835. The Bertz CT molecular complexity index is 409. The molecule has 0 amide bonds. The van der Waals surface area contributed by atoms with Crippen molar-refractivity contribution >= 4 is 5.97 Å². The molecule has 1 aromatic rings. The Morgan fingerprint density at radius 2 is 2.06 bits per heavy atom. The number of aliphatic carboxylic acids is 1. The summed E-state index contributed by atoms with van der Waals surface area (Å²) in [6, 6.07) is 6.12. The van der Waals surface area contributed by atoms with Gasteiger partial charge in [-0.05, 0) is 37.8 Å². The predicted octanol–water partition coefficient (Wildman–Crippen LogP) is 2.29. The third-order valence-corrected chi connectivity index (χ3v) is 3.55. The van der Waals surface area contributed by atoms with Crippen LogP contribution in [0.1, 0.15) is 30.0 Å². The molecule has 0 heterocycles. The van der Waals surface area contributed by atoms with Gasteiger partial charge >= 0.3 is 5.97 Å². The lowest BCUT2D eigenvalue weighted by Crippen LogP contribution is -2.40. The number of hydrogen-bond donors (Lipinski definition) is 2. The monoisotopic (exact) mass is 235 g/mol. The molecule has 3 heteroatoms. The first-order valence-corrected chi connectivity index (χ1v) is 5.95. The van der Waals surface area contributed by atoms with E-state index in [1.807, 2.05) is 32.9 Å². The molecule has 94 valence electrons. The van der Waals surface area contributed by atoms with Crippen LogP contribution in [0.5, 0.6) is 0 Å². The van der Waals surface area contributed by atoms with Crippen LogP contribution in [0.2, 0.25) is 0 Å². The highest BCUT2D eigenvalue weighted by molar-refractivity contribution is 5.75. The van der Waals surface area contributed by atoms with Gasteiger partial charge in [-0.3, -0.25) is 4.79 Å². The molecule has 0 aliphatic heterocycles. The van der Waals surface area contributed by atoms with E-state index < -0.39 is 11.4 Å². The van der Waals surface area contributed by atoms with E-state index in [0.717, 1.165) is 16.7 Å². The molecular weight excluding hydrogens is 214 g/mol. The maximum Gasteiger partial charge on any atom is 0.311 e. The molecule has 1 aromatic carbocycles. The van der Waals surface area contributed by atoms with Gasteiger partial charge in [-0.25, -0.2) is 0 Å². The molecule has 0 aromatic heterocycles. The van der Waals surface area contributed by atoms with Gasteiger partial charge in [0.2, 0.25) is 0 Å². The van der Waals surface area contributed by atoms with Gasteiger partial charge in [0, 0.05) is 6.54 Å². The van der Waals surface area contributed by atoms with Gasteiger partial charge in [0.15, 0.2) is 0 Å². The van der Waals surface area contributed by atoms with E-state index in [4.69, 9.17) is 5.73 Å². The molecular formula is C14H21NO2. The minimum absolute atomic E-state index is 0.173. The van der Waals surface area contributed by atoms with Crippen LogP contribution in [-0.2, 0) is 11.2 Å². The van der Waals surface area contributed by atoms with E-state index in [1.54, 1.807) is 0 Å². The van der Waals surface area contributed by atoms with Crippen molar-refractivity contribution in [2.24, 2.45) is 11.1 Å². The highest BCUT2D eigenvalue weighted by Crippen LogP contribution is 2.28. The van der Waals surface area contributed by atoms with Gasteiger partial charge in [0.05, 0.1) is 5.41 Å². The first-order chi connectivity index (χ1) is 7.95. The maximum absolute atomic E-state index is 11.4. The molecule has 0 saturated carbocycles. The number of rotatable bonds is 5. The number of aryl methyl sites for hydroxylation is 2. The van der Waals surface area contributed by atoms with Crippen molar-refractivity contribution in [3.05, 3.63) is 34.9 Å². The highest BCUT2D eigenvalue weighted by Gasteiger charge is 2.35. The lowest BCUT2D eigenvalue weighted by Gasteiger charge is -2.27. The van der Waals surface area contributed by atoms with Crippen LogP contribution in [0.15, 0.2) is 18.2 Å². The summed E-state index contributed by atoms with van der Waals surface area (Å²) < 4.78 is 0. The van der Waals surface area contributed by atoms with E-state index in [9.17, 15) is 9.90 Å². The summed E-state index contributed by atoms with van der Waals surface area (Å²) in [5.74, 6) is -0.802. The Morgan fingerprint density at radius 1 is 1.41 bits per heavy atom. The first-order valence-electron chi connectivity index (χ1n) is 5.95. The van der Waals surface area contributed by atoms with Crippen molar-refractivity contribution in [1.82, 2.24) is 0 Å². The zero-order chi connectivity index (χ0) is 13.1. The van der Waals surface area contributed by atoms with Crippen molar-refractivity contribution in [2.75, 3.05) is 6.54 Å². The summed E-state index contributed by atoms with van der Waals surface area (Å²) in [7, 11) is 0. The number of hydrogen-bond acceptors (Lipinski definition) is 2. The molecule has 0 fully saturated rings. The number of nitrogens with two attached hydrogens (primary N) is 1. The molecule has 0 radical (unpaired) electrons. The Labute approximate surface area is 103 Å². The molecule has 0 aliphatic rings. The summed E-state index contributed by atoms with van der Waals surface area (Å²) in [5, 5.41) is 9.37. The molecule has 3 N–H and O–H groups in total. The SMILES string of the molecule is CCC(CN)(Cc1cc(C)ccc1C)C(=O)O. The van der Waals surface area contributed by atoms with Crippen LogP contribution >= 0.6 is 0 Å². The minimum Gasteiger partial charge on any atom is -0.481 e. The number of benzene rings is 1. The molecule has 1 unspecified atom stereocenters.